The number of nitrogens with one attached hydrogen (secondary N) is 8. The van der Waals surface area contributed by atoms with Gasteiger partial charge < -0.3 is 72.9 Å². The first kappa shape index (κ1) is 78.1. The van der Waals surface area contributed by atoms with Gasteiger partial charge in [-0.2, -0.15) is 0 Å². The number of ketones is 3. The summed E-state index contributed by atoms with van der Waals surface area (Å²) in [5.41, 5.74) is 7.55. The molecule has 1 unspecified atom stereocenters. The number of hydrogen-bond donors (Lipinski definition) is 12. The summed E-state index contributed by atoms with van der Waals surface area (Å²) in [5, 5.41) is 50.8. The summed E-state index contributed by atoms with van der Waals surface area (Å²) in [7, 11) is 0. The average molecular weight is 1420 g/mol. The van der Waals surface area contributed by atoms with Gasteiger partial charge in [0.1, 0.15) is 24.4 Å². The number of carbonyl (C=O) groups is 14. The molecule has 0 saturated carbocycles. The molecule has 7 rings (SSSR count). The quantitative estimate of drug-likeness (QED) is 0.0658. The summed E-state index contributed by atoms with van der Waals surface area (Å²) >= 11 is 2.40. The fourth-order valence-electron chi connectivity index (χ4n) is 12.3. The largest absolute Gasteiger partial charge is 0.489 e. The maximum atomic E-state index is 14.9. The molecule has 29 nitrogen and oxygen atoms in total. The molecule has 2 saturated heterocycles. The van der Waals surface area contributed by atoms with Crippen LogP contribution in [0.3, 0.4) is 0 Å². The molecule has 1 aromatic heterocycles. The fourth-order valence-corrected chi connectivity index (χ4v) is 14.8. The number of amides is 11. The van der Waals surface area contributed by atoms with Crippen LogP contribution in [0.4, 0.5) is 5.69 Å². The molecule has 2 fully saturated rings. The minimum atomic E-state index is -1.65. The molecule has 99 heavy (non-hydrogen) atoms. The predicted molar refractivity (Wildman–Crippen MR) is 364 cm³/mol. The Morgan fingerprint density at radius 1 is 0.818 bits per heavy atom. The molecule has 5 heterocycles. The number of aliphatic hydroxyl groups is 3. The van der Waals surface area contributed by atoms with E-state index in [0.717, 1.165) is 21.6 Å². The predicted octanol–water partition coefficient (Wildman–Crippen LogP) is 0.843. The van der Waals surface area contributed by atoms with E-state index in [4.69, 9.17) is 10.5 Å². The summed E-state index contributed by atoms with van der Waals surface area (Å²) in [6, 6.07) is 4.90. The van der Waals surface area contributed by atoms with Crippen LogP contribution < -0.4 is 47.7 Å². The number of likely N-dealkylation sites (tertiary alicyclic amines) is 1. The Bertz CT molecular complexity index is 3560. The number of aromatic amines is 1. The lowest BCUT2D eigenvalue weighted by atomic mass is 9.85. The van der Waals surface area contributed by atoms with Crippen molar-refractivity contribution in [2.75, 3.05) is 43.9 Å². The van der Waals surface area contributed by atoms with Crippen molar-refractivity contribution in [1.29, 1.82) is 0 Å². The summed E-state index contributed by atoms with van der Waals surface area (Å²) in [6.45, 7) is 13.0. The molecule has 13 N–H and O–H groups in total. The zero-order valence-corrected chi connectivity index (χ0v) is 58.8. The number of aromatic nitrogens is 1. The summed E-state index contributed by atoms with van der Waals surface area (Å²) in [4.78, 5) is 199. The third kappa shape index (κ3) is 21.1. The van der Waals surface area contributed by atoms with Crippen molar-refractivity contribution in [2.24, 2.45) is 41.2 Å². The lowest BCUT2D eigenvalue weighted by Crippen LogP contribution is -2.56. The SMILES string of the molecule is CC[C@H](C)[C@@H]1NC(=O)CNC(=O)[C@H]2CC(=O)[C@H]([C@@H](C)[C@@H](O)CO)NC(=O)[C@@H]3C[C@@H](O)CN3C(=O)[C@H](CC(N)=O)CC(=O)[C@H](CSc3[nH]c4cc(OCc5ccc(NC(=O)[C@H](C)CC(=O)[C@@H](NC(=O)CCN6C(=O)CC(SC(C)(C)C)C6=O)C(C)C)cc5)ccc4c3C2)NC(=O)CNC1=O. The highest BCUT2D eigenvalue weighted by Gasteiger charge is 2.46. The maximum Gasteiger partial charge on any atom is 0.243 e. The van der Waals surface area contributed by atoms with E-state index < -0.39 is 187 Å². The van der Waals surface area contributed by atoms with Gasteiger partial charge in [0, 0.05) is 103 Å². The minimum Gasteiger partial charge on any atom is -0.489 e. The number of anilines is 1. The van der Waals surface area contributed by atoms with Crippen LogP contribution in [0.2, 0.25) is 0 Å². The van der Waals surface area contributed by atoms with Gasteiger partial charge in [-0.1, -0.05) is 80.9 Å². The van der Waals surface area contributed by atoms with Crippen LogP contribution in [0.1, 0.15) is 125 Å². The van der Waals surface area contributed by atoms with Crippen molar-refractivity contribution < 1.29 is 87.2 Å². The number of aliphatic hydroxyl groups excluding tert-OH is 3. The Kier molecular flexibility index (Phi) is 27.4. The van der Waals surface area contributed by atoms with Crippen molar-refractivity contribution in [2.45, 2.75) is 184 Å². The van der Waals surface area contributed by atoms with Gasteiger partial charge in [-0.3, -0.25) is 72.0 Å². The van der Waals surface area contributed by atoms with Gasteiger partial charge in [0.25, 0.3) is 0 Å². The number of nitrogens with zero attached hydrogens (tertiary/aromatic N) is 2. The highest BCUT2D eigenvalue weighted by Crippen LogP contribution is 2.37. The molecule has 2 bridgehead atoms. The van der Waals surface area contributed by atoms with E-state index in [0.29, 0.717) is 44.9 Å². The third-order valence-corrected chi connectivity index (χ3v) is 20.6. The number of fused-ring (bicyclic) bond motifs is 5. The van der Waals surface area contributed by atoms with Crippen LogP contribution in [0.5, 0.6) is 5.75 Å². The number of carbonyl (C=O) groups excluding carboxylic acids is 14. The average Bonchev–Trinajstić information content (AvgIpc) is 1.66. The van der Waals surface area contributed by atoms with Gasteiger partial charge in [0.15, 0.2) is 17.3 Å². The third-order valence-electron chi connectivity index (χ3n) is 18.1. The fraction of sp³-hybridized carbons (Fsp3) is 0.588. The van der Waals surface area contributed by atoms with Crippen LogP contribution in [0.25, 0.3) is 10.9 Å². The number of ether oxygens (including phenoxy) is 1. The number of imide groups is 1. The van der Waals surface area contributed by atoms with Crippen LogP contribution in [0.15, 0.2) is 47.5 Å². The molecule has 3 aromatic rings. The van der Waals surface area contributed by atoms with Gasteiger partial charge in [0.05, 0.1) is 71.7 Å². The molecule has 2 aromatic carbocycles. The molecular formula is C68H93N11O18S2. The number of rotatable bonds is 21. The van der Waals surface area contributed by atoms with Gasteiger partial charge in [0.2, 0.25) is 65.0 Å². The summed E-state index contributed by atoms with van der Waals surface area (Å²) in [5.74, 6) is -15.6. The second-order valence-electron chi connectivity index (χ2n) is 27.4. The summed E-state index contributed by atoms with van der Waals surface area (Å²) < 4.78 is 6.01. The molecule has 540 valence electrons. The van der Waals surface area contributed by atoms with Gasteiger partial charge in [-0.05, 0) is 53.6 Å². The molecule has 13 atom stereocenters. The molecule has 31 heteroatoms. The second-order valence-corrected chi connectivity index (χ2v) is 30.5. The summed E-state index contributed by atoms with van der Waals surface area (Å²) in [6.07, 6.45) is -5.64. The molecule has 4 aliphatic heterocycles. The topological polar surface area (TPSA) is 441 Å². The van der Waals surface area contributed by atoms with Crippen molar-refractivity contribution >= 4 is 122 Å². The lowest BCUT2D eigenvalue weighted by Gasteiger charge is -2.32. The first-order chi connectivity index (χ1) is 46.6. The van der Waals surface area contributed by atoms with Crippen LogP contribution in [-0.2, 0) is 80.2 Å². The Morgan fingerprint density at radius 2 is 1.49 bits per heavy atom. The van der Waals surface area contributed by atoms with E-state index in [2.05, 4.69) is 42.2 Å². The lowest BCUT2D eigenvalue weighted by molar-refractivity contribution is -0.145. The molecule has 4 aliphatic rings. The molecule has 0 spiro atoms. The number of primary amides is 1. The number of hydrogen-bond acceptors (Lipinski definition) is 20. The Labute approximate surface area is 582 Å². The van der Waals surface area contributed by atoms with E-state index in [1.54, 1.807) is 77.1 Å². The number of nitrogens with two attached hydrogens (primary N) is 1. The van der Waals surface area contributed by atoms with Crippen molar-refractivity contribution in [3.8, 4) is 5.75 Å². The standard InChI is InChI=1S/C68H93N11O18S2/c1-10-34(4)59-64(94)71-27-55(88)73-46-32-98-65-44(20-38(62(92)70-28-56(89)76-59)21-50(84)60(36(6)51(85)30-80)77-63(93)47-24-41(81)29-79(47)66(95)39(22-48(46)82)23-53(69)86)43-16-15-42(25-45(43)74-65)97-31-37-11-13-40(14-12-37)72-61(91)35(5)19-49(83)58(33(2)3)75-54(87)17-18-78-57(90)26-52(67(78)96)99-68(7,8)9/h11-16,25,33-36,38-39,41,46-47,51-52,58-60,74,80-81,85H,10,17-24,26-32H2,1-9H3,(H2,69,86)(H,70,92)(H,71,94)(H,72,91)(H,73,88)(H,75,87)(H,76,89)(H,77,93)/t34-,35+,36-,38+,39-,41+,46-,47-,51-,52?,58-,59-,60-/m0/s1. The van der Waals surface area contributed by atoms with Gasteiger partial charge in [-0.25, -0.2) is 0 Å². The van der Waals surface area contributed by atoms with E-state index >= 15 is 0 Å². The van der Waals surface area contributed by atoms with Crippen LogP contribution in [0, 0.1) is 35.5 Å². The number of thioether (sulfide) groups is 2. The van der Waals surface area contributed by atoms with E-state index in [1.807, 2.05) is 20.8 Å². The van der Waals surface area contributed by atoms with Crippen molar-refractivity contribution in [3.05, 3.63) is 53.6 Å². The monoisotopic (exact) mass is 1420 g/mol. The number of Topliss-reactive ketones (excluding diaryl/α,β-unsaturated/α-hetero) is 3. The zero-order chi connectivity index (χ0) is 72.9. The van der Waals surface area contributed by atoms with E-state index in [9.17, 15) is 82.4 Å². The first-order valence-electron chi connectivity index (χ1n) is 33.3. The highest BCUT2D eigenvalue weighted by molar-refractivity contribution is 8.02. The molecular weight excluding hydrogens is 1320 g/mol. The normalized spacial score (nSPS) is 24.3. The zero-order valence-electron chi connectivity index (χ0n) is 57.2. The van der Waals surface area contributed by atoms with Crippen LogP contribution >= 0.6 is 23.5 Å². The number of H-pyrrole nitrogens is 1. The molecule has 0 radical (unpaired) electrons. The van der Waals surface area contributed by atoms with Crippen LogP contribution in [-0.4, -0.2) is 203 Å². The highest BCUT2D eigenvalue weighted by atomic mass is 32.2. The molecule has 0 aliphatic carbocycles. The number of benzene rings is 2. The Hall–Kier alpha value is -8.26. The minimum absolute atomic E-state index is 0.00296. The second kappa shape index (κ2) is 34.7. The maximum absolute atomic E-state index is 14.9. The Balaban J connectivity index is 1.14. The van der Waals surface area contributed by atoms with Crippen molar-refractivity contribution in [3.63, 3.8) is 0 Å². The van der Waals surface area contributed by atoms with Gasteiger partial charge in [-0.15, -0.1) is 23.5 Å². The van der Waals surface area contributed by atoms with E-state index in [1.165, 1.54) is 18.7 Å². The molecule has 11 amide bonds. The van der Waals surface area contributed by atoms with Gasteiger partial charge >= 0.3 is 0 Å². The smallest absolute Gasteiger partial charge is 0.243 e. The van der Waals surface area contributed by atoms with E-state index in [-0.39, 0.29) is 79.3 Å². The van der Waals surface area contributed by atoms with Crippen molar-refractivity contribution in [1.82, 2.24) is 46.7 Å². The first-order valence-corrected chi connectivity index (χ1v) is 35.2. The Morgan fingerprint density at radius 3 is 2.14 bits per heavy atom.